The van der Waals surface area contributed by atoms with Crippen LogP contribution in [0.2, 0.25) is 0 Å². The standard InChI is InChI=1S/C12H14N4O2S/c1-2-16-11(18)8-5-3-4-6-9(8)14-12(16)19-7-10(17)15-13/h3-6H,2,7,13H2,1H3,(H,15,17). The molecule has 1 aromatic heterocycles. The van der Waals surface area contributed by atoms with Crippen LogP contribution in [0.15, 0.2) is 34.2 Å². The van der Waals surface area contributed by atoms with Gasteiger partial charge in [-0.15, -0.1) is 0 Å². The molecule has 0 unspecified atom stereocenters. The summed E-state index contributed by atoms with van der Waals surface area (Å²) in [7, 11) is 0. The van der Waals surface area contributed by atoms with Gasteiger partial charge >= 0.3 is 0 Å². The fraction of sp³-hybridized carbons (Fsp3) is 0.250. The lowest BCUT2D eigenvalue weighted by atomic mass is 10.2. The summed E-state index contributed by atoms with van der Waals surface area (Å²) in [6, 6.07) is 7.16. The van der Waals surface area contributed by atoms with E-state index in [0.29, 0.717) is 22.6 Å². The van der Waals surface area contributed by atoms with Crippen LogP contribution in [0, 0.1) is 0 Å². The second-order valence-electron chi connectivity index (χ2n) is 3.82. The molecule has 0 atom stereocenters. The lowest BCUT2D eigenvalue weighted by Gasteiger charge is -2.10. The van der Waals surface area contributed by atoms with E-state index in [1.54, 1.807) is 22.8 Å². The summed E-state index contributed by atoms with van der Waals surface area (Å²) >= 11 is 1.19. The predicted molar refractivity (Wildman–Crippen MR) is 74.7 cm³/mol. The summed E-state index contributed by atoms with van der Waals surface area (Å²) in [6.07, 6.45) is 0. The second kappa shape index (κ2) is 5.85. The summed E-state index contributed by atoms with van der Waals surface area (Å²) < 4.78 is 1.55. The fourth-order valence-corrected chi connectivity index (χ4v) is 2.58. The van der Waals surface area contributed by atoms with Crippen molar-refractivity contribution in [3.8, 4) is 0 Å². The Morgan fingerprint density at radius 1 is 1.47 bits per heavy atom. The third kappa shape index (κ3) is 2.77. The van der Waals surface area contributed by atoms with Crippen LogP contribution >= 0.6 is 11.8 Å². The molecule has 0 bridgehead atoms. The van der Waals surface area contributed by atoms with Crippen molar-refractivity contribution in [3.05, 3.63) is 34.6 Å². The highest BCUT2D eigenvalue weighted by molar-refractivity contribution is 7.99. The molecule has 2 aromatic rings. The zero-order valence-corrected chi connectivity index (χ0v) is 11.2. The molecular weight excluding hydrogens is 264 g/mol. The molecule has 19 heavy (non-hydrogen) atoms. The number of hydrogen-bond acceptors (Lipinski definition) is 5. The molecule has 1 amide bonds. The van der Waals surface area contributed by atoms with Crippen LogP contribution in [0.25, 0.3) is 10.9 Å². The van der Waals surface area contributed by atoms with Crippen molar-refractivity contribution in [1.82, 2.24) is 15.0 Å². The third-order valence-corrected chi connectivity index (χ3v) is 3.61. The molecule has 7 heteroatoms. The largest absolute Gasteiger partial charge is 0.294 e. The minimum atomic E-state index is -0.310. The Morgan fingerprint density at radius 3 is 2.89 bits per heavy atom. The second-order valence-corrected chi connectivity index (χ2v) is 4.76. The molecule has 0 aliphatic carbocycles. The molecule has 0 aliphatic rings. The molecule has 100 valence electrons. The number of benzene rings is 1. The number of nitrogens with one attached hydrogen (secondary N) is 1. The summed E-state index contributed by atoms with van der Waals surface area (Å²) in [5.41, 5.74) is 2.59. The maximum Gasteiger partial charge on any atom is 0.262 e. The Labute approximate surface area is 114 Å². The molecule has 3 N–H and O–H groups in total. The number of rotatable bonds is 4. The average Bonchev–Trinajstić information content (AvgIpc) is 2.45. The molecule has 0 fully saturated rings. The van der Waals surface area contributed by atoms with Crippen LogP contribution in [0.5, 0.6) is 0 Å². The Morgan fingerprint density at radius 2 is 2.21 bits per heavy atom. The van der Waals surface area contributed by atoms with Gasteiger partial charge in [0.25, 0.3) is 5.56 Å². The Bertz CT molecular complexity index is 668. The highest BCUT2D eigenvalue weighted by Gasteiger charge is 2.11. The summed E-state index contributed by atoms with van der Waals surface area (Å²) in [6.45, 7) is 2.37. The Hall–Kier alpha value is -1.86. The van der Waals surface area contributed by atoms with E-state index in [-0.39, 0.29) is 17.2 Å². The van der Waals surface area contributed by atoms with Crippen molar-refractivity contribution in [2.45, 2.75) is 18.6 Å². The first-order valence-corrected chi connectivity index (χ1v) is 6.77. The van der Waals surface area contributed by atoms with Gasteiger partial charge in [0.15, 0.2) is 5.16 Å². The van der Waals surface area contributed by atoms with Gasteiger partial charge in [-0.3, -0.25) is 19.6 Å². The van der Waals surface area contributed by atoms with Gasteiger partial charge in [-0.05, 0) is 19.1 Å². The summed E-state index contributed by atoms with van der Waals surface area (Å²) in [4.78, 5) is 27.9. The molecular formula is C12H14N4O2S. The van der Waals surface area contributed by atoms with Crippen molar-refractivity contribution < 1.29 is 4.79 Å². The zero-order chi connectivity index (χ0) is 13.8. The first-order valence-electron chi connectivity index (χ1n) is 5.79. The van der Waals surface area contributed by atoms with Crippen molar-refractivity contribution in [2.75, 3.05) is 5.75 Å². The van der Waals surface area contributed by atoms with E-state index < -0.39 is 0 Å². The summed E-state index contributed by atoms with van der Waals surface area (Å²) in [5.74, 6) is 4.84. The SMILES string of the molecule is CCn1c(SCC(=O)NN)nc2ccccc2c1=O. The van der Waals surface area contributed by atoms with E-state index in [4.69, 9.17) is 5.84 Å². The van der Waals surface area contributed by atoms with E-state index in [1.807, 2.05) is 18.4 Å². The van der Waals surface area contributed by atoms with Crippen molar-refractivity contribution in [1.29, 1.82) is 0 Å². The van der Waals surface area contributed by atoms with Gasteiger partial charge in [-0.25, -0.2) is 10.8 Å². The van der Waals surface area contributed by atoms with Crippen LogP contribution in [0.4, 0.5) is 0 Å². The molecule has 0 spiro atoms. The van der Waals surface area contributed by atoms with E-state index in [1.165, 1.54) is 11.8 Å². The summed E-state index contributed by atoms with van der Waals surface area (Å²) in [5, 5.41) is 1.10. The number of nitrogens with two attached hydrogens (primary N) is 1. The number of hydrazine groups is 1. The van der Waals surface area contributed by atoms with Crippen molar-refractivity contribution >= 4 is 28.6 Å². The minimum absolute atomic E-state index is 0.0937. The number of carbonyl (C=O) groups is 1. The fourth-order valence-electron chi connectivity index (χ4n) is 1.71. The van der Waals surface area contributed by atoms with Gasteiger partial charge in [0.1, 0.15) is 0 Å². The third-order valence-electron chi connectivity index (χ3n) is 2.64. The van der Waals surface area contributed by atoms with Gasteiger partial charge in [-0.1, -0.05) is 23.9 Å². The van der Waals surface area contributed by atoms with Crippen molar-refractivity contribution in [3.63, 3.8) is 0 Å². The number of carbonyl (C=O) groups excluding carboxylic acids is 1. The van der Waals surface area contributed by atoms with Crippen LogP contribution in [-0.4, -0.2) is 21.2 Å². The number of aromatic nitrogens is 2. The van der Waals surface area contributed by atoms with Gasteiger partial charge < -0.3 is 0 Å². The molecule has 1 aromatic carbocycles. The average molecular weight is 278 g/mol. The Balaban J connectivity index is 2.48. The monoisotopic (exact) mass is 278 g/mol. The number of nitrogens with zero attached hydrogens (tertiary/aromatic N) is 2. The molecule has 0 saturated carbocycles. The first-order chi connectivity index (χ1) is 9.17. The number of thioether (sulfide) groups is 1. The lowest BCUT2D eigenvalue weighted by Crippen LogP contribution is -2.32. The normalized spacial score (nSPS) is 10.6. The quantitative estimate of drug-likeness (QED) is 0.279. The van der Waals surface area contributed by atoms with Crippen molar-refractivity contribution in [2.24, 2.45) is 5.84 Å². The van der Waals surface area contributed by atoms with E-state index in [9.17, 15) is 9.59 Å². The number of fused-ring (bicyclic) bond motifs is 1. The molecule has 0 saturated heterocycles. The van der Waals surface area contributed by atoms with Gasteiger partial charge in [0.05, 0.1) is 16.7 Å². The van der Waals surface area contributed by atoms with Crippen LogP contribution in [-0.2, 0) is 11.3 Å². The maximum absolute atomic E-state index is 12.3. The topological polar surface area (TPSA) is 90.0 Å². The Kier molecular flexibility index (Phi) is 4.18. The molecule has 6 nitrogen and oxygen atoms in total. The van der Waals surface area contributed by atoms with E-state index in [0.717, 1.165) is 0 Å². The van der Waals surface area contributed by atoms with Gasteiger partial charge in [-0.2, -0.15) is 0 Å². The molecule has 2 rings (SSSR count). The molecule has 1 heterocycles. The van der Waals surface area contributed by atoms with E-state index >= 15 is 0 Å². The number of amides is 1. The van der Waals surface area contributed by atoms with Crippen LogP contribution in [0.3, 0.4) is 0 Å². The lowest BCUT2D eigenvalue weighted by molar-refractivity contribution is -0.118. The molecule has 0 radical (unpaired) electrons. The predicted octanol–water partition coefficient (Wildman–Crippen LogP) is 0.498. The van der Waals surface area contributed by atoms with Gasteiger partial charge in [0, 0.05) is 6.54 Å². The highest BCUT2D eigenvalue weighted by Crippen LogP contribution is 2.17. The number of para-hydroxylation sites is 1. The van der Waals surface area contributed by atoms with Crippen LogP contribution in [0.1, 0.15) is 6.92 Å². The number of hydrogen-bond donors (Lipinski definition) is 2. The van der Waals surface area contributed by atoms with E-state index in [2.05, 4.69) is 4.98 Å². The first kappa shape index (κ1) is 13.6. The van der Waals surface area contributed by atoms with Crippen LogP contribution < -0.4 is 16.8 Å². The highest BCUT2D eigenvalue weighted by atomic mass is 32.2. The smallest absolute Gasteiger partial charge is 0.262 e. The maximum atomic E-state index is 12.3. The zero-order valence-electron chi connectivity index (χ0n) is 10.4. The minimum Gasteiger partial charge on any atom is -0.294 e. The molecule has 0 aliphatic heterocycles. The van der Waals surface area contributed by atoms with Gasteiger partial charge in [0.2, 0.25) is 5.91 Å².